The minimum atomic E-state index is 0.144. The van der Waals surface area contributed by atoms with Gasteiger partial charge < -0.3 is 9.84 Å². The summed E-state index contributed by atoms with van der Waals surface area (Å²) in [7, 11) is 0. The zero-order valence-electron chi connectivity index (χ0n) is 16.1. The summed E-state index contributed by atoms with van der Waals surface area (Å²) in [6.07, 6.45) is 1.14. The Hall–Kier alpha value is -2.22. The zero-order chi connectivity index (χ0) is 18.9. The average Bonchev–Trinajstić information content (AvgIpc) is 3.49. The molecular formula is C21H25N5OS. The molecule has 5 rings (SSSR count). The molecule has 146 valence electrons. The van der Waals surface area contributed by atoms with Crippen molar-refractivity contribution in [1.82, 2.24) is 19.9 Å². The SMILES string of the molecule is CC(c1nc(-c2cccs2)no1)N1CCN(Cc2cccc3c2NCC3)CC1. The van der Waals surface area contributed by atoms with E-state index in [9.17, 15) is 0 Å². The third-order valence-corrected chi connectivity index (χ3v) is 6.69. The van der Waals surface area contributed by atoms with Crippen LogP contribution >= 0.6 is 11.3 Å². The normalized spacial score (nSPS) is 18.8. The van der Waals surface area contributed by atoms with Gasteiger partial charge in [0.1, 0.15) is 0 Å². The number of aromatic nitrogens is 2. The molecular weight excluding hydrogens is 370 g/mol. The Morgan fingerprint density at radius 1 is 1.18 bits per heavy atom. The van der Waals surface area contributed by atoms with Gasteiger partial charge in [0.05, 0.1) is 10.9 Å². The predicted octanol–water partition coefficient (Wildman–Crippen LogP) is 3.64. The molecule has 0 saturated carbocycles. The fourth-order valence-corrected chi connectivity index (χ4v) is 4.81. The average molecular weight is 396 g/mol. The number of thiophene rings is 1. The summed E-state index contributed by atoms with van der Waals surface area (Å²) in [6, 6.07) is 10.9. The number of piperazine rings is 1. The van der Waals surface area contributed by atoms with E-state index in [1.54, 1.807) is 11.3 Å². The molecule has 4 heterocycles. The number of hydrogen-bond acceptors (Lipinski definition) is 7. The van der Waals surface area contributed by atoms with Crippen molar-refractivity contribution >= 4 is 17.0 Å². The quantitative estimate of drug-likeness (QED) is 0.712. The highest BCUT2D eigenvalue weighted by Gasteiger charge is 2.26. The fraction of sp³-hybridized carbons (Fsp3) is 0.429. The van der Waals surface area contributed by atoms with E-state index in [0.29, 0.717) is 11.7 Å². The summed E-state index contributed by atoms with van der Waals surface area (Å²) in [5, 5.41) is 9.75. The van der Waals surface area contributed by atoms with Crippen LogP contribution in [-0.2, 0) is 13.0 Å². The maximum atomic E-state index is 5.56. The molecule has 2 aliphatic rings. The number of fused-ring (bicyclic) bond motifs is 1. The monoisotopic (exact) mass is 395 g/mol. The summed E-state index contributed by atoms with van der Waals surface area (Å²) in [6.45, 7) is 8.38. The Labute approximate surface area is 169 Å². The van der Waals surface area contributed by atoms with Gasteiger partial charge in [-0.05, 0) is 35.9 Å². The van der Waals surface area contributed by atoms with Gasteiger partial charge in [-0.2, -0.15) is 4.98 Å². The molecule has 1 saturated heterocycles. The third-order valence-electron chi connectivity index (χ3n) is 5.82. The maximum absolute atomic E-state index is 5.56. The minimum absolute atomic E-state index is 0.144. The van der Waals surface area contributed by atoms with E-state index in [1.807, 2.05) is 17.5 Å². The molecule has 28 heavy (non-hydrogen) atoms. The van der Waals surface area contributed by atoms with Crippen LogP contribution in [0.2, 0.25) is 0 Å². The lowest BCUT2D eigenvalue weighted by Gasteiger charge is -2.37. The number of rotatable bonds is 5. The number of benzene rings is 1. The van der Waals surface area contributed by atoms with Crippen molar-refractivity contribution in [2.75, 3.05) is 38.0 Å². The van der Waals surface area contributed by atoms with Crippen molar-refractivity contribution in [3.8, 4) is 10.7 Å². The highest BCUT2D eigenvalue weighted by Crippen LogP contribution is 2.29. The van der Waals surface area contributed by atoms with Crippen LogP contribution in [0.3, 0.4) is 0 Å². The van der Waals surface area contributed by atoms with Crippen molar-refractivity contribution in [2.24, 2.45) is 0 Å². The van der Waals surface area contributed by atoms with Gasteiger partial charge in [0.25, 0.3) is 0 Å². The van der Waals surface area contributed by atoms with Crippen LogP contribution in [0, 0.1) is 0 Å². The van der Waals surface area contributed by atoms with E-state index in [-0.39, 0.29) is 6.04 Å². The Balaban J connectivity index is 1.20. The zero-order valence-corrected chi connectivity index (χ0v) is 16.9. The summed E-state index contributed by atoms with van der Waals surface area (Å²) >= 11 is 1.64. The van der Waals surface area contributed by atoms with Crippen molar-refractivity contribution in [3.05, 3.63) is 52.7 Å². The van der Waals surface area contributed by atoms with Gasteiger partial charge >= 0.3 is 0 Å². The van der Waals surface area contributed by atoms with E-state index < -0.39 is 0 Å². The van der Waals surface area contributed by atoms with Crippen LogP contribution < -0.4 is 5.32 Å². The molecule has 0 amide bonds. The molecule has 1 atom stereocenters. The Kier molecular flexibility index (Phi) is 4.88. The molecule has 2 aliphatic heterocycles. The standard InChI is InChI=1S/C21H25N5OS/c1-15(21-23-20(24-27-21)18-6-3-13-28-18)26-11-9-25(10-12-26)14-17-5-2-4-16-7-8-22-19(16)17/h2-6,13,15,22H,7-12,14H2,1H3. The molecule has 0 radical (unpaired) electrons. The molecule has 1 fully saturated rings. The molecule has 0 bridgehead atoms. The van der Waals surface area contributed by atoms with Gasteiger partial charge in [-0.3, -0.25) is 9.80 Å². The Morgan fingerprint density at radius 3 is 2.89 bits per heavy atom. The van der Waals surface area contributed by atoms with E-state index in [4.69, 9.17) is 4.52 Å². The number of hydrogen-bond donors (Lipinski definition) is 1. The fourth-order valence-electron chi connectivity index (χ4n) is 4.16. The van der Waals surface area contributed by atoms with Crippen molar-refractivity contribution < 1.29 is 4.52 Å². The van der Waals surface area contributed by atoms with Crippen LogP contribution in [0.25, 0.3) is 10.7 Å². The van der Waals surface area contributed by atoms with E-state index in [1.165, 1.54) is 16.8 Å². The highest BCUT2D eigenvalue weighted by atomic mass is 32.1. The molecule has 3 aromatic rings. The van der Waals surface area contributed by atoms with Gasteiger partial charge in [0.15, 0.2) is 0 Å². The molecule has 0 spiro atoms. The van der Waals surface area contributed by atoms with E-state index in [0.717, 1.165) is 50.6 Å². The number of nitrogens with one attached hydrogen (secondary N) is 1. The summed E-state index contributed by atoms with van der Waals surface area (Å²) in [4.78, 5) is 10.7. The Bertz CT molecular complexity index is 930. The largest absolute Gasteiger partial charge is 0.384 e. The molecule has 1 unspecified atom stereocenters. The predicted molar refractivity (Wildman–Crippen MR) is 112 cm³/mol. The van der Waals surface area contributed by atoms with E-state index in [2.05, 4.69) is 50.4 Å². The number of para-hydroxylation sites is 1. The van der Waals surface area contributed by atoms with E-state index >= 15 is 0 Å². The maximum Gasteiger partial charge on any atom is 0.244 e. The molecule has 6 nitrogen and oxygen atoms in total. The molecule has 1 aromatic carbocycles. The first kappa shape index (κ1) is 17.8. The highest BCUT2D eigenvalue weighted by molar-refractivity contribution is 7.13. The van der Waals surface area contributed by atoms with Crippen LogP contribution in [-0.4, -0.2) is 52.7 Å². The van der Waals surface area contributed by atoms with Crippen LogP contribution in [0.1, 0.15) is 30.0 Å². The first-order valence-corrected chi connectivity index (χ1v) is 10.8. The third kappa shape index (κ3) is 3.45. The lowest BCUT2D eigenvalue weighted by molar-refractivity contribution is 0.0846. The van der Waals surface area contributed by atoms with Crippen molar-refractivity contribution in [1.29, 1.82) is 0 Å². The smallest absolute Gasteiger partial charge is 0.244 e. The first-order valence-electron chi connectivity index (χ1n) is 9.96. The second kappa shape index (κ2) is 7.66. The van der Waals surface area contributed by atoms with Gasteiger partial charge in [-0.15, -0.1) is 11.3 Å². The van der Waals surface area contributed by atoms with Gasteiger partial charge in [0, 0.05) is 45.0 Å². The number of nitrogens with zero attached hydrogens (tertiary/aromatic N) is 4. The lowest BCUT2D eigenvalue weighted by atomic mass is 10.1. The van der Waals surface area contributed by atoms with Crippen molar-refractivity contribution in [2.45, 2.75) is 25.9 Å². The van der Waals surface area contributed by atoms with Crippen LogP contribution in [0.5, 0.6) is 0 Å². The summed E-state index contributed by atoms with van der Waals surface area (Å²) < 4.78 is 5.56. The molecule has 0 aliphatic carbocycles. The second-order valence-electron chi connectivity index (χ2n) is 7.55. The molecule has 2 aromatic heterocycles. The molecule has 7 heteroatoms. The van der Waals surface area contributed by atoms with Gasteiger partial charge in [-0.25, -0.2) is 0 Å². The van der Waals surface area contributed by atoms with Crippen molar-refractivity contribution in [3.63, 3.8) is 0 Å². The van der Waals surface area contributed by atoms with Gasteiger partial charge in [0.2, 0.25) is 11.7 Å². The molecule has 1 N–H and O–H groups in total. The number of anilines is 1. The minimum Gasteiger partial charge on any atom is -0.384 e. The topological polar surface area (TPSA) is 57.4 Å². The van der Waals surface area contributed by atoms with Crippen LogP contribution in [0.4, 0.5) is 5.69 Å². The van der Waals surface area contributed by atoms with Crippen LogP contribution in [0.15, 0.2) is 40.2 Å². The summed E-state index contributed by atoms with van der Waals surface area (Å²) in [5.41, 5.74) is 4.25. The first-order chi connectivity index (χ1) is 13.8. The second-order valence-corrected chi connectivity index (χ2v) is 8.50. The Morgan fingerprint density at radius 2 is 2.07 bits per heavy atom. The summed E-state index contributed by atoms with van der Waals surface area (Å²) in [5.74, 6) is 1.41. The van der Waals surface area contributed by atoms with Gasteiger partial charge in [-0.1, -0.05) is 29.4 Å². The lowest BCUT2D eigenvalue weighted by Crippen LogP contribution is -2.46.